The van der Waals surface area contributed by atoms with Gasteiger partial charge in [0.1, 0.15) is 0 Å². The standard InChI is InChI=1S/C14H14ClN3O2S2/c15-11-7-22(19,20)8-13(11)18-14(21)17-10-3-4-12-9(6-10)2-1-5-16-12/h1-6,11,13H,7-8H2,(H2,17,18,21)/t11-,13+/m1/s1. The second-order valence-electron chi connectivity index (χ2n) is 5.21. The topological polar surface area (TPSA) is 71.1 Å². The highest BCUT2D eigenvalue weighted by atomic mass is 35.5. The van der Waals surface area contributed by atoms with Crippen molar-refractivity contribution >= 4 is 55.4 Å². The molecule has 0 amide bonds. The van der Waals surface area contributed by atoms with E-state index in [1.54, 1.807) is 6.20 Å². The molecule has 0 bridgehead atoms. The van der Waals surface area contributed by atoms with Crippen LogP contribution in [0.4, 0.5) is 5.69 Å². The predicted octanol–water partition coefficient (Wildman–Crippen LogP) is 1.93. The Morgan fingerprint density at radius 2 is 2.14 bits per heavy atom. The number of benzene rings is 1. The van der Waals surface area contributed by atoms with E-state index in [1.165, 1.54) is 0 Å². The van der Waals surface area contributed by atoms with Crippen LogP contribution in [0.15, 0.2) is 36.5 Å². The molecule has 0 spiro atoms. The first-order valence-electron chi connectivity index (χ1n) is 6.70. The largest absolute Gasteiger partial charge is 0.357 e. The number of aromatic nitrogens is 1. The zero-order valence-corrected chi connectivity index (χ0v) is 13.9. The molecule has 2 N–H and O–H groups in total. The van der Waals surface area contributed by atoms with Crippen molar-refractivity contribution in [1.29, 1.82) is 0 Å². The van der Waals surface area contributed by atoms with Crippen LogP contribution in [0.5, 0.6) is 0 Å². The van der Waals surface area contributed by atoms with E-state index in [0.29, 0.717) is 5.11 Å². The van der Waals surface area contributed by atoms with E-state index >= 15 is 0 Å². The van der Waals surface area contributed by atoms with Crippen molar-refractivity contribution < 1.29 is 8.42 Å². The number of anilines is 1. The van der Waals surface area contributed by atoms with Gasteiger partial charge in [0.05, 0.1) is 28.4 Å². The average Bonchev–Trinajstić information content (AvgIpc) is 2.71. The Hall–Kier alpha value is -1.44. The maximum absolute atomic E-state index is 11.5. The summed E-state index contributed by atoms with van der Waals surface area (Å²) in [6.07, 6.45) is 1.74. The smallest absolute Gasteiger partial charge is 0.171 e. The van der Waals surface area contributed by atoms with Gasteiger partial charge in [-0.25, -0.2) is 8.42 Å². The first kappa shape index (κ1) is 15.5. The molecule has 0 saturated carbocycles. The van der Waals surface area contributed by atoms with Gasteiger partial charge in [0.25, 0.3) is 0 Å². The Kier molecular flexibility index (Phi) is 4.20. The van der Waals surface area contributed by atoms with Gasteiger partial charge in [-0.2, -0.15) is 0 Å². The van der Waals surface area contributed by atoms with E-state index in [0.717, 1.165) is 16.6 Å². The lowest BCUT2D eigenvalue weighted by Gasteiger charge is -2.17. The summed E-state index contributed by atoms with van der Waals surface area (Å²) in [5.41, 5.74) is 1.71. The Labute approximate surface area is 139 Å². The van der Waals surface area contributed by atoms with Gasteiger partial charge < -0.3 is 10.6 Å². The van der Waals surface area contributed by atoms with Crippen LogP contribution in [0.3, 0.4) is 0 Å². The summed E-state index contributed by atoms with van der Waals surface area (Å²) < 4.78 is 23.1. The average molecular weight is 356 g/mol. The first-order chi connectivity index (χ1) is 10.4. The van der Waals surface area contributed by atoms with Gasteiger partial charge in [-0.15, -0.1) is 11.6 Å². The highest BCUT2D eigenvalue weighted by Crippen LogP contribution is 2.19. The molecular weight excluding hydrogens is 342 g/mol. The van der Waals surface area contributed by atoms with Crippen molar-refractivity contribution in [1.82, 2.24) is 10.3 Å². The van der Waals surface area contributed by atoms with Gasteiger partial charge in [-0.05, 0) is 36.5 Å². The molecule has 8 heteroatoms. The minimum Gasteiger partial charge on any atom is -0.357 e. The Morgan fingerprint density at radius 3 is 2.86 bits per heavy atom. The van der Waals surface area contributed by atoms with Crippen LogP contribution < -0.4 is 10.6 Å². The van der Waals surface area contributed by atoms with Gasteiger partial charge in [-0.3, -0.25) is 4.98 Å². The summed E-state index contributed by atoms with van der Waals surface area (Å²) in [4.78, 5) is 4.25. The van der Waals surface area contributed by atoms with Crippen molar-refractivity contribution in [2.45, 2.75) is 11.4 Å². The third kappa shape index (κ3) is 3.48. The Morgan fingerprint density at radius 1 is 1.32 bits per heavy atom. The Balaban J connectivity index is 1.68. The molecule has 1 aromatic carbocycles. The van der Waals surface area contributed by atoms with Crippen molar-refractivity contribution in [3.05, 3.63) is 36.5 Å². The molecule has 5 nitrogen and oxygen atoms in total. The minimum atomic E-state index is -3.08. The summed E-state index contributed by atoms with van der Waals surface area (Å²) in [7, 11) is -3.08. The molecule has 22 heavy (non-hydrogen) atoms. The SMILES string of the molecule is O=S1(=O)C[C@@H](Cl)[C@@H](NC(=S)Nc2ccc3ncccc3c2)C1. The number of hydrogen-bond donors (Lipinski definition) is 2. The molecular formula is C14H14ClN3O2S2. The molecule has 0 radical (unpaired) electrons. The van der Waals surface area contributed by atoms with Crippen molar-refractivity contribution in [2.24, 2.45) is 0 Å². The molecule has 1 aromatic heterocycles. The van der Waals surface area contributed by atoms with Crippen molar-refractivity contribution in [2.75, 3.05) is 16.8 Å². The molecule has 2 heterocycles. The van der Waals surface area contributed by atoms with Gasteiger partial charge >= 0.3 is 0 Å². The number of halogens is 1. The predicted molar refractivity (Wildman–Crippen MR) is 93.2 cm³/mol. The summed E-state index contributed by atoms with van der Waals surface area (Å²) in [5, 5.41) is 6.91. The summed E-state index contributed by atoms with van der Waals surface area (Å²) >= 11 is 11.3. The second-order valence-corrected chi connectivity index (χ2v) is 8.33. The number of rotatable bonds is 2. The lowest BCUT2D eigenvalue weighted by molar-refractivity contribution is 0.600. The number of nitrogens with zero attached hydrogens (tertiary/aromatic N) is 1. The monoisotopic (exact) mass is 355 g/mol. The fourth-order valence-corrected chi connectivity index (χ4v) is 5.24. The molecule has 0 aliphatic carbocycles. The van der Waals surface area contributed by atoms with E-state index in [4.69, 9.17) is 23.8 Å². The van der Waals surface area contributed by atoms with E-state index in [9.17, 15) is 8.42 Å². The molecule has 0 unspecified atom stereocenters. The first-order valence-corrected chi connectivity index (χ1v) is 9.36. The van der Waals surface area contributed by atoms with Crippen molar-refractivity contribution in [3.8, 4) is 0 Å². The maximum Gasteiger partial charge on any atom is 0.171 e. The van der Waals surface area contributed by atoms with E-state index in [-0.39, 0.29) is 17.5 Å². The summed E-state index contributed by atoms with van der Waals surface area (Å²) in [6, 6.07) is 9.15. The number of nitrogens with one attached hydrogen (secondary N) is 2. The van der Waals surface area contributed by atoms with Crippen LogP contribution >= 0.6 is 23.8 Å². The zero-order valence-electron chi connectivity index (χ0n) is 11.5. The number of thiocarbonyl (C=S) groups is 1. The molecule has 2 aromatic rings. The number of hydrogen-bond acceptors (Lipinski definition) is 4. The highest BCUT2D eigenvalue weighted by molar-refractivity contribution is 7.91. The normalized spacial score (nSPS) is 23.3. The van der Waals surface area contributed by atoms with Gasteiger partial charge in [0, 0.05) is 17.3 Å². The lowest BCUT2D eigenvalue weighted by Crippen LogP contribution is -2.42. The van der Waals surface area contributed by atoms with Crippen molar-refractivity contribution in [3.63, 3.8) is 0 Å². The van der Waals surface area contributed by atoms with Crippen LogP contribution in [0, 0.1) is 0 Å². The van der Waals surface area contributed by atoms with Gasteiger partial charge in [0.2, 0.25) is 0 Å². The number of alkyl halides is 1. The van der Waals surface area contributed by atoms with Crippen LogP contribution in [0.25, 0.3) is 10.9 Å². The van der Waals surface area contributed by atoms with Crippen LogP contribution in [-0.2, 0) is 9.84 Å². The number of fused-ring (bicyclic) bond motifs is 1. The van der Waals surface area contributed by atoms with E-state index in [2.05, 4.69) is 15.6 Å². The zero-order chi connectivity index (χ0) is 15.7. The fourth-order valence-electron chi connectivity index (χ4n) is 2.43. The van der Waals surface area contributed by atoms with Gasteiger partial charge in [0.15, 0.2) is 14.9 Å². The minimum absolute atomic E-state index is 0.00459. The number of pyridine rings is 1. The quantitative estimate of drug-likeness (QED) is 0.633. The molecule has 116 valence electrons. The number of sulfone groups is 1. The molecule has 1 aliphatic heterocycles. The van der Waals surface area contributed by atoms with Crippen LogP contribution in [0.2, 0.25) is 0 Å². The molecule has 1 saturated heterocycles. The molecule has 3 rings (SSSR count). The molecule has 2 atom stereocenters. The second kappa shape index (κ2) is 5.98. The molecule has 1 fully saturated rings. The van der Waals surface area contributed by atoms with Crippen LogP contribution in [-0.4, -0.2) is 41.4 Å². The maximum atomic E-state index is 11.5. The molecule has 1 aliphatic rings. The highest BCUT2D eigenvalue weighted by Gasteiger charge is 2.36. The third-order valence-corrected chi connectivity index (χ3v) is 6.06. The van der Waals surface area contributed by atoms with E-state index in [1.807, 2.05) is 30.3 Å². The summed E-state index contributed by atoms with van der Waals surface area (Å²) in [6.45, 7) is 0. The van der Waals surface area contributed by atoms with E-state index < -0.39 is 15.2 Å². The fraction of sp³-hybridized carbons (Fsp3) is 0.286. The van der Waals surface area contributed by atoms with Crippen LogP contribution in [0.1, 0.15) is 0 Å². The summed E-state index contributed by atoms with van der Waals surface area (Å²) in [5.74, 6) is -0.0128. The lowest BCUT2D eigenvalue weighted by atomic mass is 10.2. The third-order valence-electron chi connectivity index (χ3n) is 3.46. The Bertz CT molecular complexity index is 826. The van der Waals surface area contributed by atoms with Gasteiger partial charge in [-0.1, -0.05) is 6.07 Å².